The van der Waals surface area contributed by atoms with Crippen LogP contribution in [-0.4, -0.2) is 41.0 Å². The van der Waals surface area contributed by atoms with Crippen LogP contribution in [0.1, 0.15) is 62.8 Å². The zero-order chi connectivity index (χ0) is 20.1. The standard InChI is InChI=1S/C24H30ClFN2/c1-16(2)28-12-11-27(15-24(28,3)4)23-14-21(17-5-8-19(26)9-6-17)20-10-7-18(25)13-22(20)23/h5-10,13,16,21,23H,11-12,14-15H2,1-4H3/t21-,23+/m0/s1. The summed E-state index contributed by atoms with van der Waals surface area (Å²) in [7, 11) is 0. The van der Waals surface area contributed by atoms with Gasteiger partial charge in [0.05, 0.1) is 0 Å². The van der Waals surface area contributed by atoms with Crippen LogP contribution in [0.25, 0.3) is 0 Å². The minimum atomic E-state index is -0.179. The molecule has 2 aliphatic rings. The highest BCUT2D eigenvalue weighted by Crippen LogP contribution is 2.48. The predicted molar refractivity (Wildman–Crippen MR) is 115 cm³/mol. The van der Waals surface area contributed by atoms with Gasteiger partial charge in [0.15, 0.2) is 0 Å². The van der Waals surface area contributed by atoms with Crippen LogP contribution in [0, 0.1) is 5.82 Å². The number of halogens is 2. The van der Waals surface area contributed by atoms with Crippen molar-refractivity contribution in [2.24, 2.45) is 0 Å². The van der Waals surface area contributed by atoms with Crippen molar-refractivity contribution in [3.05, 3.63) is 70.0 Å². The Morgan fingerprint density at radius 1 is 1.04 bits per heavy atom. The van der Waals surface area contributed by atoms with Crippen molar-refractivity contribution in [3.8, 4) is 0 Å². The molecule has 0 N–H and O–H groups in total. The molecule has 4 rings (SSSR count). The van der Waals surface area contributed by atoms with E-state index in [0.29, 0.717) is 18.0 Å². The third-order valence-electron chi connectivity index (χ3n) is 6.57. The molecule has 1 aliphatic heterocycles. The molecule has 0 spiro atoms. The summed E-state index contributed by atoms with van der Waals surface area (Å²) in [6.07, 6.45) is 1.03. The molecule has 0 saturated carbocycles. The summed E-state index contributed by atoms with van der Waals surface area (Å²) in [5.41, 5.74) is 4.01. The number of hydrogen-bond donors (Lipinski definition) is 0. The van der Waals surface area contributed by atoms with E-state index in [4.69, 9.17) is 11.6 Å². The first-order valence-electron chi connectivity index (χ1n) is 10.3. The van der Waals surface area contributed by atoms with Gasteiger partial charge in [0, 0.05) is 48.2 Å². The second kappa shape index (κ2) is 7.44. The van der Waals surface area contributed by atoms with Gasteiger partial charge in [0.1, 0.15) is 5.82 Å². The lowest BCUT2D eigenvalue weighted by Gasteiger charge is -2.51. The normalized spacial score (nSPS) is 25.2. The fourth-order valence-corrected chi connectivity index (χ4v) is 5.59. The van der Waals surface area contributed by atoms with Gasteiger partial charge >= 0.3 is 0 Å². The number of piperazine rings is 1. The summed E-state index contributed by atoms with van der Waals surface area (Å²) in [4.78, 5) is 5.24. The van der Waals surface area contributed by atoms with Gasteiger partial charge < -0.3 is 0 Å². The molecule has 1 fully saturated rings. The highest BCUT2D eigenvalue weighted by atomic mass is 35.5. The van der Waals surface area contributed by atoms with Crippen molar-refractivity contribution >= 4 is 11.6 Å². The molecule has 2 atom stereocenters. The van der Waals surface area contributed by atoms with Crippen molar-refractivity contribution in [1.82, 2.24) is 9.80 Å². The summed E-state index contributed by atoms with van der Waals surface area (Å²) < 4.78 is 13.4. The van der Waals surface area contributed by atoms with E-state index in [2.05, 4.69) is 49.6 Å². The molecule has 0 amide bonds. The molecule has 0 radical (unpaired) electrons. The van der Waals surface area contributed by atoms with E-state index in [0.717, 1.165) is 31.1 Å². The highest BCUT2D eigenvalue weighted by molar-refractivity contribution is 6.30. The average molecular weight is 401 g/mol. The lowest BCUT2D eigenvalue weighted by Crippen LogP contribution is -2.61. The van der Waals surface area contributed by atoms with Gasteiger partial charge in [-0.1, -0.05) is 29.8 Å². The summed E-state index contributed by atoms with van der Waals surface area (Å²) in [6, 6.07) is 14.2. The van der Waals surface area contributed by atoms with Crippen molar-refractivity contribution in [2.45, 2.75) is 57.7 Å². The highest BCUT2D eigenvalue weighted by Gasteiger charge is 2.41. The first-order chi connectivity index (χ1) is 13.3. The topological polar surface area (TPSA) is 6.48 Å². The third kappa shape index (κ3) is 3.60. The molecule has 1 heterocycles. The molecule has 4 heteroatoms. The lowest BCUT2D eigenvalue weighted by molar-refractivity contribution is -0.0192. The van der Waals surface area contributed by atoms with Crippen molar-refractivity contribution in [3.63, 3.8) is 0 Å². The van der Waals surface area contributed by atoms with Gasteiger partial charge in [-0.15, -0.1) is 0 Å². The smallest absolute Gasteiger partial charge is 0.123 e. The second-order valence-electron chi connectivity index (χ2n) is 9.20. The Morgan fingerprint density at radius 3 is 2.39 bits per heavy atom. The van der Waals surface area contributed by atoms with Crippen LogP contribution in [0.4, 0.5) is 4.39 Å². The van der Waals surface area contributed by atoms with Crippen LogP contribution in [0.2, 0.25) is 5.02 Å². The third-order valence-corrected chi connectivity index (χ3v) is 6.81. The predicted octanol–water partition coefficient (Wildman–Crippen LogP) is 5.86. The average Bonchev–Trinajstić information content (AvgIpc) is 2.99. The first kappa shape index (κ1) is 19.9. The lowest BCUT2D eigenvalue weighted by atomic mass is 9.92. The maximum atomic E-state index is 13.4. The molecule has 0 bridgehead atoms. The maximum Gasteiger partial charge on any atom is 0.123 e. The Balaban J connectivity index is 1.66. The van der Waals surface area contributed by atoms with E-state index >= 15 is 0 Å². The van der Waals surface area contributed by atoms with E-state index in [1.54, 1.807) is 12.1 Å². The van der Waals surface area contributed by atoms with Gasteiger partial charge in [-0.2, -0.15) is 0 Å². The molecule has 0 unspecified atom stereocenters. The van der Waals surface area contributed by atoms with E-state index < -0.39 is 0 Å². The van der Waals surface area contributed by atoms with Crippen LogP contribution in [-0.2, 0) is 0 Å². The first-order valence-corrected chi connectivity index (χ1v) is 10.7. The van der Waals surface area contributed by atoms with Crippen molar-refractivity contribution in [1.29, 1.82) is 0 Å². The molecule has 150 valence electrons. The summed E-state index contributed by atoms with van der Waals surface area (Å²) in [5.74, 6) is 0.116. The number of rotatable bonds is 3. The van der Waals surface area contributed by atoms with E-state index in [9.17, 15) is 4.39 Å². The Morgan fingerprint density at radius 2 is 1.75 bits per heavy atom. The molecular formula is C24H30ClFN2. The van der Waals surface area contributed by atoms with Crippen LogP contribution in [0.5, 0.6) is 0 Å². The summed E-state index contributed by atoms with van der Waals surface area (Å²) >= 11 is 6.39. The van der Waals surface area contributed by atoms with Crippen LogP contribution in [0.3, 0.4) is 0 Å². The minimum Gasteiger partial charge on any atom is -0.293 e. The van der Waals surface area contributed by atoms with Gasteiger partial charge in [0.2, 0.25) is 0 Å². The summed E-state index contributed by atoms with van der Waals surface area (Å²) in [5, 5.41) is 0.795. The van der Waals surface area contributed by atoms with Gasteiger partial charge in [-0.25, -0.2) is 4.39 Å². The molecular weight excluding hydrogens is 371 g/mol. The fourth-order valence-electron chi connectivity index (χ4n) is 5.41. The van der Waals surface area contributed by atoms with Gasteiger partial charge in [-0.3, -0.25) is 9.80 Å². The molecule has 2 aromatic carbocycles. The van der Waals surface area contributed by atoms with Gasteiger partial charge in [0.25, 0.3) is 0 Å². The molecule has 0 aromatic heterocycles. The zero-order valence-electron chi connectivity index (χ0n) is 17.3. The zero-order valence-corrected chi connectivity index (χ0v) is 18.0. The Labute approximate surface area is 173 Å². The molecule has 1 saturated heterocycles. The number of hydrogen-bond acceptors (Lipinski definition) is 2. The Kier molecular flexibility index (Phi) is 5.28. The van der Waals surface area contributed by atoms with E-state index in [1.807, 2.05) is 18.2 Å². The molecule has 28 heavy (non-hydrogen) atoms. The van der Waals surface area contributed by atoms with Crippen molar-refractivity contribution < 1.29 is 4.39 Å². The summed E-state index contributed by atoms with van der Waals surface area (Å²) in [6.45, 7) is 12.5. The van der Waals surface area contributed by atoms with Crippen molar-refractivity contribution in [2.75, 3.05) is 19.6 Å². The van der Waals surface area contributed by atoms with Crippen LogP contribution in [0.15, 0.2) is 42.5 Å². The Hall–Kier alpha value is -1.42. The SMILES string of the molecule is CC(C)N1CCN([C@@H]2C[C@@H](c3ccc(F)cc3)c3ccc(Cl)cc32)CC1(C)C. The Bertz CT molecular complexity index is 846. The monoisotopic (exact) mass is 400 g/mol. The minimum absolute atomic E-state index is 0.138. The maximum absolute atomic E-state index is 13.4. The van der Waals surface area contributed by atoms with Gasteiger partial charge in [-0.05, 0) is 75.1 Å². The van der Waals surface area contributed by atoms with E-state index in [1.165, 1.54) is 16.7 Å². The molecule has 1 aliphatic carbocycles. The number of benzene rings is 2. The fraction of sp³-hybridized carbons (Fsp3) is 0.500. The number of fused-ring (bicyclic) bond motifs is 1. The van der Waals surface area contributed by atoms with Crippen LogP contribution < -0.4 is 0 Å². The molecule has 2 aromatic rings. The second-order valence-corrected chi connectivity index (χ2v) is 9.64. The van der Waals surface area contributed by atoms with E-state index in [-0.39, 0.29) is 11.4 Å². The number of nitrogens with zero attached hydrogens (tertiary/aromatic N) is 2. The molecule has 2 nitrogen and oxygen atoms in total. The quantitative estimate of drug-likeness (QED) is 0.636. The van der Waals surface area contributed by atoms with Crippen LogP contribution >= 0.6 is 11.6 Å². The largest absolute Gasteiger partial charge is 0.293 e.